The van der Waals surface area contributed by atoms with Gasteiger partial charge < -0.3 is 29.2 Å². The first-order chi connectivity index (χ1) is 23.8. The lowest BCUT2D eigenvalue weighted by molar-refractivity contribution is -0.213. The summed E-state index contributed by atoms with van der Waals surface area (Å²) >= 11 is 0. The van der Waals surface area contributed by atoms with Crippen LogP contribution in [0.2, 0.25) is 0 Å². The van der Waals surface area contributed by atoms with Gasteiger partial charge in [-0.15, -0.1) is 0 Å². The zero-order valence-corrected chi connectivity index (χ0v) is 28.8. The zero-order chi connectivity index (χ0) is 35.9. The Balaban J connectivity index is 1.41. The number of carboxylic acid groups (broad SMARTS) is 2. The van der Waals surface area contributed by atoms with Crippen LogP contribution < -0.4 is 0 Å². The van der Waals surface area contributed by atoms with Crippen molar-refractivity contribution in [2.24, 2.45) is 17.3 Å². The molecule has 0 unspecified atom stereocenters. The number of unbranched alkanes of at least 4 members (excludes halogenated alkanes) is 4. The minimum absolute atomic E-state index is 0.00135. The quantitative estimate of drug-likeness (QED) is 0.151. The lowest BCUT2D eigenvalue weighted by Crippen LogP contribution is -2.74. The third kappa shape index (κ3) is 4.66. The van der Waals surface area contributed by atoms with E-state index in [-0.39, 0.29) is 40.7 Å². The maximum Gasteiger partial charge on any atom is 0.330 e. The minimum Gasteiger partial charge on any atom is -0.497 e. The average molecular weight is 693 g/mol. The highest BCUT2D eigenvalue weighted by Gasteiger charge is 2.85. The van der Waals surface area contributed by atoms with Crippen molar-refractivity contribution in [3.05, 3.63) is 46.3 Å². The molecule has 5 heterocycles. The summed E-state index contributed by atoms with van der Waals surface area (Å²) in [6.07, 6.45) is 5.37. The van der Waals surface area contributed by atoms with Gasteiger partial charge in [-0.05, 0) is 33.1 Å². The standard InChI is InChI=1S/C38H44O12/c1-5-7-9-11-21-23-24-25(28(40)32-36(49-32,29(24)41)15-13-18(3)33(42)43)30(48-21)38-20(17-47-22(26(23)38)12-10-8-6-2)27(39)31-37(50-31,35(38)46)16-14-19(4)34(44)45/h13-14,17,21-23,26,30-32H,5-12,15-16H2,1-4H3,(H,42,43)(H,44,45)/b18-13+,19-14+/t21-,22-,23+,26+,30-,31+,32+,36-,37+,38-/m1/s1. The number of ether oxygens (including phenoxy) is 4. The summed E-state index contributed by atoms with van der Waals surface area (Å²) in [7, 11) is 0. The van der Waals surface area contributed by atoms with Gasteiger partial charge in [0.15, 0.2) is 46.5 Å². The Morgan fingerprint density at radius 2 is 1.32 bits per heavy atom. The molecule has 0 aromatic heterocycles. The lowest BCUT2D eigenvalue weighted by atomic mass is 9.43. The molecule has 4 fully saturated rings. The first kappa shape index (κ1) is 34.7. The van der Waals surface area contributed by atoms with Gasteiger partial charge in [0.05, 0.1) is 12.4 Å². The molecule has 0 aromatic carbocycles. The predicted octanol–water partition coefficient (Wildman–Crippen LogP) is 4.15. The second kappa shape index (κ2) is 12.2. The van der Waals surface area contributed by atoms with Crippen LogP contribution in [0.5, 0.6) is 0 Å². The number of Topliss-reactive ketones (excluding diaryl/α,β-unsaturated/α-hetero) is 4. The van der Waals surface area contributed by atoms with Gasteiger partial charge in [0.1, 0.15) is 17.6 Å². The molecule has 50 heavy (non-hydrogen) atoms. The molecule has 2 N–H and O–H groups in total. The Hall–Kier alpha value is -3.74. The van der Waals surface area contributed by atoms with E-state index < -0.39 is 94.0 Å². The highest BCUT2D eigenvalue weighted by atomic mass is 16.6. The normalized spacial score (nSPS) is 39.5. The summed E-state index contributed by atoms with van der Waals surface area (Å²) in [5, 5.41) is 19.0. The van der Waals surface area contributed by atoms with E-state index in [1.165, 1.54) is 32.3 Å². The van der Waals surface area contributed by atoms with Crippen LogP contribution in [0, 0.1) is 17.3 Å². The van der Waals surface area contributed by atoms with Gasteiger partial charge in [-0.3, -0.25) is 19.2 Å². The molecule has 1 spiro atoms. The van der Waals surface area contributed by atoms with Crippen LogP contribution in [0.1, 0.15) is 91.9 Å². The van der Waals surface area contributed by atoms with Crippen LogP contribution >= 0.6 is 0 Å². The van der Waals surface area contributed by atoms with E-state index in [0.29, 0.717) is 12.8 Å². The number of carbonyl (C=O) groups is 6. The predicted molar refractivity (Wildman–Crippen MR) is 174 cm³/mol. The SMILES string of the molecule is CCCCC[C@H]1O[C@@H]2C3=C(C(=O)[C@@]4(C/C=C(\C)C(=O)O)O[C@H]4C3=O)[C@H]1[C@@H]1[C@@H](CCCCC)OC=C3C(=O)[C@@H]4O[C@]4(C/C=C(\C)C(=O)O)C(=O)[C@]312. The Bertz CT molecular complexity index is 1710. The number of hydrogen-bond donors (Lipinski definition) is 2. The van der Waals surface area contributed by atoms with Crippen LogP contribution in [0.3, 0.4) is 0 Å². The minimum atomic E-state index is -1.71. The van der Waals surface area contributed by atoms with E-state index in [2.05, 4.69) is 13.8 Å². The summed E-state index contributed by atoms with van der Waals surface area (Å²) in [5.74, 6) is -5.70. The summed E-state index contributed by atoms with van der Waals surface area (Å²) in [6, 6.07) is 0. The summed E-state index contributed by atoms with van der Waals surface area (Å²) in [4.78, 5) is 82.2. The van der Waals surface area contributed by atoms with Crippen molar-refractivity contribution in [2.45, 2.75) is 134 Å². The van der Waals surface area contributed by atoms with Gasteiger partial charge in [0.25, 0.3) is 0 Å². The molecular weight excluding hydrogens is 648 g/mol. The van der Waals surface area contributed by atoms with E-state index in [1.54, 1.807) is 0 Å². The zero-order valence-electron chi connectivity index (χ0n) is 28.8. The van der Waals surface area contributed by atoms with Crippen LogP contribution in [-0.4, -0.2) is 87.0 Å². The number of epoxide rings is 2. The third-order valence-corrected chi connectivity index (χ3v) is 12.2. The van der Waals surface area contributed by atoms with Gasteiger partial charge in [-0.1, -0.05) is 58.1 Å². The molecule has 8 aliphatic rings. The lowest BCUT2D eigenvalue weighted by Gasteiger charge is -2.63. The first-order valence-electron chi connectivity index (χ1n) is 17.9. The van der Waals surface area contributed by atoms with E-state index >= 15 is 4.79 Å². The van der Waals surface area contributed by atoms with Gasteiger partial charge in [0.2, 0.25) is 0 Å². The molecule has 0 aromatic rings. The molecule has 2 bridgehead atoms. The van der Waals surface area contributed by atoms with Crippen LogP contribution in [-0.2, 0) is 47.7 Å². The maximum atomic E-state index is 15.4. The average Bonchev–Trinajstić information content (AvgIpc) is 4.02. The van der Waals surface area contributed by atoms with Gasteiger partial charge in [0, 0.05) is 52.5 Å². The monoisotopic (exact) mass is 692 g/mol. The molecule has 0 radical (unpaired) electrons. The van der Waals surface area contributed by atoms with E-state index in [1.807, 2.05) is 0 Å². The number of ketones is 4. The largest absolute Gasteiger partial charge is 0.497 e. The van der Waals surface area contributed by atoms with Crippen molar-refractivity contribution in [3.63, 3.8) is 0 Å². The Labute approximate surface area is 289 Å². The van der Waals surface area contributed by atoms with E-state index in [0.717, 1.165) is 38.5 Å². The molecule has 12 heteroatoms. The van der Waals surface area contributed by atoms with E-state index in [4.69, 9.17) is 18.9 Å². The fourth-order valence-corrected chi connectivity index (χ4v) is 9.47. The molecule has 10 atom stereocenters. The first-order valence-corrected chi connectivity index (χ1v) is 17.9. The molecule has 0 amide bonds. The van der Waals surface area contributed by atoms with Crippen molar-refractivity contribution in [2.75, 3.05) is 0 Å². The summed E-state index contributed by atoms with van der Waals surface area (Å²) < 4.78 is 25.1. The van der Waals surface area contributed by atoms with Crippen molar-refractivity contribution in [1.82, 2.24) is 0 Å². The van der Waals surface area contributed by atoms with Crippen molar-refractivity contribution in [3.8, 4) is 0 Å². The third-order valence-electron chi connectivity index (χ3n) is 12.2. The number of carboxylic acids is 2. The molecule has 12 nitrogen and oxygen atoms in total. The second-order valence-corrected chi connectivity index (χ2v) is 15.0. The molecule has 1 saturated carbocycles. The van der Waals surface area contributed by atoms with Gasteiger partial charge in [-0.25, -0.2) is 9.59 Å². The number of rotatable bonds is 14. The van der Waals surface area contributed by atoms with Crippen LogP contribution in [0.15, 0.2) is 46.3 Å². The van der Waals surface area contributed by atoms with E-state index in [9.17, 15) is 34.2 Å². The Morgan fingerprint density at radius 3 is 1.92 bits per heavy atom. The van der Waals surface area contributed by atoms with Gasteiger partial charge >= 0.3 is 11.9 Å². The highest BCUT2D eigenvalue weighted by Crippen LogP contribution is 2.70. The number of hydrogen-bond acceptors (Lipinski definition) is 10. The molecule has 268 valence electrons. The number of carbonyl (C=O) groups excluding carboxylic acids is 4. The Morgan fingerprint density at radius 1 is 0.760 bits per heavy atom. The topological polar surface area (TPSA) is 186 Å². The fraction of sp³-hybridized carbons (Fsp3) is 0.632. The maximum absolute atomic E-state index is 15.4. The molecule has 3 saturated heterocycles. The van der Waals surface area contributed by atoms with Crippen LogP contribution in [0.25, 0.3) is 0 Å². The molecule has 8 rings (SSSR count). The summed E-state index contributed by atoms with van der Waals surface area (Å²) in [6.45, 7) is 6.96. The summed E-state index contributed by atoms with van der Waals surface area (Å²) in [5.41, 5.74) is -4.51. The number of aliphatic carboxylic acids is 2. The Kier molecular flexibility index (Phi) is 8.46. The van der Waals surface area contributed by atoms with Crippen molar-refractivity contribution >= 4 is 35.1 Å². The fourth-order valence-electron chi connectivity index (χ4n) is 9.47. The smallest absolute Gasteiger partial charge is 0.330 e. The van der Waals surface area contributed by atoms with Crippen molar-refractivity contribution in [1.29, 1.82) is 0 Å². The highest BCUT2D eigenvalue weighted by molar-refractivity contribution is 6.25. The van der Waals surface area contributed by atoms with Gasteiger partial charge in [-0.2, -0.15) is 0 Å². The molecule has 5 aliphatic heterocycles. The number of fused-ring (bicyclic) bond motifs is 3. The molecular formula is C38H44O12. The second-order valence-electron chi connectivity index (χ2n) is 15.0. The molecule has 3 aliphatic carbocycles. The van der Waals surface area contributed by atoms with Crippen LogP contribution in [0.4, 0.5) is 0 Å². The van der Waals surface area contributed by atoms with Crippen molar-refractivity contribution < 1.29 is 57.9 Å².